The molecular formula is C10H18N4O2. The number of aliphatic hydroxyl groups excluding tert-OH is 1. The summed E-state index contributed by atoms with van der Waals surface area (Å²) < 4.78 is 0. The molecule has 6 nitrogen and oxygen atoms in total. The van der Waals surface area contributed by atoms with Crippen LogP contribution >= 0.6 is 0 Å². The maximum Gasteiger partial charge on any atom is 0.132 e. The second kappa shape index (κ2) is 5.09. The van der Waals surface area contributed by atoms with Gasteiger partial charge in [0.1, 0.15) is 23.1 Å². The molecule has 5 N–H and O–H groups in total. The smallest absolute Gasteiger partial charge is 0.132 e. The highest BCUT2D eigenvalue weighted by Gasteiger charge is 2.18. The van der Waals surface area contributed by atoms with E-state index in [-0.39, 0.29) is 13.2 Å². The van der Waals surface area contributed by atoms with Crippen molar-refractivity contribution in [2.75, 3.05) is 24.2 Å². The number of rotatable bonds is 5. The van der Waals surface area contributed by atoms with Crippen molar-refractivity contribution in [1.82, 2.24) is 9.97 Å². The lowest BCUT2D eigenvalue weighted by Crippen LogP contribution is -2.37. The van der Waals surface area contributed by atoms with Crippen LogP contribution in [0.2, 0.25) is 0 Å². The maximum atomic E-state index is 9.59. The Morgan fingerprint density at radius 1 is 1.50 bits per heavy atom. The molecular weight excluding hydrogens is 208 g/mol. The molecule has 0 aliphatic carbocycles. The first-order valence-electron chi connectivity index (χ1n) is 5.17. The van der Waals surface area contributed by atoms with Crippen molar-refractivity contribution in [2.24, 2.45) is 0 Å². The normalized spacial score (nSPS) is 14.5. The number of aliphatic hydroxyl groups is 2. The molecule has 1 rings (SSSR count). The van der Waals surface area contributed by atoms with Crippen molar-refractivity contribution < 1.29 is 10.2 Å². The zero-order valence-corrected chi connectivity index (χ0v) is 9.56. The van der Waals surface area contributed by atoms with Gasteiger partial charge in [-0.1, -0.05) is 6.92 Å². The minimum absolute atomic E-state index is 0.198. The van der Waals surface area contributed by atoms with Crippen LogP contribution in [-0.2, 0) is 6.42 Å². The average Bonchev–Trinajstić information content (AvgIpc) is 2.26. The van der Waals surface area contributed by atoms with E-state index >= 15 is 0 Å². The summed E-state index contributed by atoms with van der Waals surface area (Å²) in [6.07, 6.45) is 0.691. The van der Waals surface area contributed by atoms with Gasteiger partial charge in [-0.3, -0.25) is 0 Å². The molecule has 1 heterocycles. The van der Waals surface area contributed by atoms with Crippen LogP contribution < -0.4 is 11.1 Å². The van der Waals surface area contributed by atoms with Crippen molar-refractivity contribution in [2.45, 2.75) is 25.9 Å². The van der Waals surface area contributed by atoms with Crippen LogP contribution in [-0.4, -0.2) is 38.9 Å². The molecule has 16 heavy (non-hydrogen) atoms. The van der Waals surface area contributed by atoms with Gasteiger partial charge in [0, 0.05) is 19.0 Å². The van der Waals surface area contributed by atoms with Gasteiger partial charge in [-0.05, 0) is 6.92 Å². The van der Waals surface area contributed by atoms with Gasteiger partial charge in [0.2, 0.25) is 0 Å². The lowest BCUT2D eigenvalue weighted by molar-refractivity contribution is 0.0131. The SMILES string of the molecule is CCc1nc(N)cc(NCC(C)(O)CO)n1. The molecule has 90 valence electrons. The van der Waals surface area contributed by atoms with Crippen LogP contribution in [0, 0.1) is 0 Å². The number of aryl methyl sites for hydroxylation is 1. The number of hydrogen-bond acceptors (Lipinski definition) is 6. The van der Waals surface area contributed by atoms with E-state index in [1.807, 2.05) is 6.92 Å². The average molecular weight is 226 g/mol. The van der Waals surface area contributed by atoms with E-state index in [1.165, 1.54) is 6.92 Å². The molecule has 0 fully saturated rings. The fourth-order valence-electron chi connectivity index (χ4n) is 1.10. The van der Waals surface area contributed by atoms with E-state index in [4.69, 9.17) is 10.8 Å². The third-order valence-corrected chi connectivity index (χ3v) is 2.10. The summed E-state index contributed by atoms with van der Waals surface area (Å²) in [5, 5.41) is 21.4. The molecule has 0 spiro atoms. The van der Waals surface area contributed by atoms with Gasteiger partial charge in [-0.2, -0.15) is 0 Å². The number of nitrogens with zero attached hydrogens (tertiary/aromatic N) is 2. The standard InChI is InChI=1S/C10H18N4O2/c1-3-8-13-7(11)4-9(14-8)12-5-10(2,16)6-15/h4,15-16H,3,5-6H2,1-2H3,(H3,11,12,13,14). The third kappa shape index (κ3) is 3.63. The van der Waals surface area contributed by atoms with Gasteiger partial charge < -0.3 is 21.3 Å². The van der Waals surface area contributed by atoms with Crippen molar-refractivity contribution in [3.05, 3.63) is 11.9 Å². The zero-order valence-electron chi connectivity index (χ0n) is 9.56. The highest BCUT2D eigenvalue weighted by Crippen LogP contribution is 2.10. The lowest BCUT2D eigenvalue weighted by atomic mass is 10.1. The van der Waals surface area contributed by atoms with E-state index in [0.29, 0.717) is 23.9 Å². The molecule has 0 saturated heterocycles. The lowest BCUT2D eigenvalue weighted by Gasteiger charge is -2.21. The van der Waals surface area contributed by atoms with E-state index in [0.717, 1.165) is 0 Å². The summed E-state index contributed by atoms with van der Waals surface area (Å²) in [5.74, 6) is 1.59. The predicted octanol–water partition coefficient (Wildman–Crippen LogP) is -0.224. The quantitative estimate of drug-likeness (QED) is 0.553. The topological polar surface area (TPSA) is 104 Å². The van der Waals surface area contributed by atoms with Gasteiger partial charge >= 0.3 is 0 Å². The number of hydrogen-bond donors (Lipinski definition) is 4. The van der Waals surface area contributed by atoms with Crippen LogP contribution in [0.4, 0.5) is 11.6 Å². The summed E-state index contributed by atoms with van der Waals surface area (Å²) in [4.78, 5) is 8.23. The first-order valence-corrected chi connectivity index (χ1v) is 5.17. The highest BCUT2D eigenvalue weighted by atomic mass is 16.3. The van der Waals surface area contributed by atoms with Crippen molar-refractivity contribution in [1.29, 1.82) is 0 Å². The Morgan fingerprint density at radius 2 is 2.19 bits per heavy atom. The summed E-state index contributed by atoms with van der Waals surface area (Å²) in [5.41, 5.74) is 4.43. The van der Waals surface area contributed by atoms with Gasteiger partial charge in [-0.15, -0.1) is 0 Å². The number of nitrogen functional groups attached to an aromatic ring is 1. The maximum absolute atomic E-state index is 9.59. The van der Waals surface area contributed by atoms with E-state index in [1.54, 1.807) is 6.07 Å². The summed E-state index contributed by atoms with van der Waals surface area (Å²) in [6, 6.07) is 1.59. The van der Waals surface area contributed by atoms with Crippen molar-refractivity contribution >= 4 is 11.6 Å². The molecule has 0 aliphatic heterocycles. The fourth-order valence-corrected chi connectivity index (χ4v) is 1.10. The van der Waals surface area contributed by atoms with Gasteiger partial charge in [0.25, 0.3) is 0 Å². The first-order chi connectivity index (χ1) is 7.46. The third-order valence-electron chi connectivity index (χ3n) is 2.10. The Bertz CT molecular complexity index is 355. The summed E-state index contributed by atoms with van der Waals surface area (Å²) >= 11 is 0. The second-order valence-corrected chi connectivity index (χ2v) is 3.96. The molecule has 0 aromatic carbocycles. The van der Waals surface area contributed by atoms with E-state index in [2.05, 4.69) is 15.3 Å². The summed E-state index contributed by atoms with van der Waals surface area (Å²) in [7, 11) is 0. The molecule has 1 aromatic rings. The Hall–Kier alpha value is -1.40. The van der Waals surface area contributed by atoms with Crippen LogP contribution in [0.15, 0.2) is 6.07 Å². The van der Waals surface area contributed by atoms with Crippen LogP contribution in [0.3, 0.4) is 0 Å². The van der Waals surface area contributed by atoms with Crippen molar-refractivity contribution in [3.8, 4) is 0 Å². The predicted molar refractivity (Wildman–Crippen MR) is 62.0 cm³/mol. The number of nitrogens with two attached hydrogens (primary N) is 1. The first kappa shape index (κ1) is 12.7. The minimum atomic E-state index is -1.17. The minimum Gasteiger partial charge on any atom is -0.393 e. The molecule has 0 radical (unpaired) electrons. The molecule has 6 heteroatoms. The van der Waals surface area contributed by atoms with Crippen LogP contribution in [0.5, 0.6) is 0 Å². The van der Waals surface area contributed by atoms with Gasteiger partial charge in [0.05, 0.1) is 6.61 Å². The second-order valence-electron chi connectivity index (χ2n) is 3.96. The van der Waals surface area contributed by atoms with Gasteiger partial charge in [-0.25, -0.2) is 9.97 Å². The van der Waals surface area contributed by atoms with Crippen molar-refractivity contribution in [3.63, 3.8) is 0 Å². The molecule has 1 aromatic heterocycles. The molecule has 0 amide bonds. The molecule has 0 aliphatic rings. The molecule has 1 unspecified atom stereocenters. The zero-order chi connectivity index (χ0) is 12.2. The monoisotopic (exact) mass is 226 g/mol. The Balaban J connectivity index is 2.70. The van der Waals surface area contributed by atoms with Gasteiger partial charge in [0.15, 0.2) is 0 Å². The highest BCUT2D eigenvalue weighted by molar-refractivity contribution is 5.44. The Labute approximate surface area is 94.5 Å². The van der Waals surface area contributed by atoms with E-state index < -0.39 is 5.60 Å². The largest absolute Gasteiger partial charge is 0.393 e. The summed E-state index contributed by atoms with van der Waals surface area (Å²) in [6.45, 7) is 3.35. The number of anilines is 2. The fraction of sp³-hybridized carbons (Fsp3) is 0.600. The number of aromatic nitrogens is 2. The van der Waals surface area contributed by atoms with Crippen LogP contribution in [0.1, 0.15) is 19.7 Å². The molecule has 0 bridgehead atoms. The number of nitrogens with one attached hydrogen (secondary N) is 1. The molecule has 0 saturated carbocycles. The van der Waals surface area contributed by atoms with E-state index in [9.17, 15) is 5.11 Å². The Morgan fingerprint density at radius 3 is 2.75 bits per heavy atom. The van der Waals surface area contributed by atoms with Crippen LogP contribution in [0.25, 0.3) is 0 Å². The molecule has 1 atom stereocenters. The Kier molecular flexibility index (Phi) is 4.03.